The zero-order valence-electron chi connectivity index (χ0n) is 5.54. The van der Waals surface area contributed by atoms with Crippen LogP contribution in [-0.2, 0) is 0 Å². The number of hydrogen-bond acceptors (Lipinski definition) is 0. The van der Waals surface area contributed by atoms with Gasteiger partial charge < -0.3 is 0 Å². The van der Waals surface area contributed by atoms with Gasteiger partial charge in [0.2, 0.25) is 0 Å². The van der Waals surface area contributed by atoms with Gasteiger partial charge in [0.05, 0.1) is 0 Å². The lowest BCUT2D eigenvalue weighted by molar-refractivity contribution is 1.02. The Hall–Kier alpha value is -0.650. The van der Waals surface area contributed by atoms with Gasteiger partial charge in [-0.1, -0.05) is 19.1 Å². The highest BCUT2D eigenvalue weighted by atomic mass is 13.9. The fourth-order valence-corrected chi connectivity index (χ4v) is 0.479. The third-order valence-corrected chi connectivity index (χ3v) is 1.000. The molecule has 0 nitrogen and oxygen atoms in total. The zero-order chi connectivity index (χ0) is 6.57. The quantitative estimate of drug-likeness (QED) is 0.386. The van der Waals surface area contributed by atoms with E-state index in [0.29, 0.717) is 0 Å². The highest BCUT2D eigenvalue weighted by Crippen LogP contribution is 2.07. The van der Waals surface area contributed by atoms with Gasteiger partial charge in [-0.15, -0.1) is 0 Å². The Balaban J connectivity index is 3.40. The Labute approximate surface area is 51.9 Å². The van der Waals surface area contributed by atoms with Crippen molar-refractivity contribution < 1.29 is 0 Å². The molecule has 0 aromatic carbocycles. The van der Waals surface area contributed by atoms with Crippen LogP contribution in [0.15, 0.2) is 24.3 Å². The van der Waals surface area contributed by atoms with E-state index >= 15 is 0 Å². The molecule has 0 saturated carbocycles. The second kappa shape index (κ2) is 3.36. The molecule has 0 fully saturated rings. The standard InChI is InChI=1S/C8H13/c1-5-8(4)6-7(2)3/h2-6H2,1H3/q+1. The summed E-state index contributed by atoms with van der Waals surface area (Å²) >= 11 is 0. The van der Waals surface area contributed by atoms with Gasteiger partial charge in [-0.3, -0.25) is 0 Å². The SMILES string of the molecule is C=C([CH2+])CC(=C)CC. The van der Waals surface area contributed by atoms with Crippen LogP contribution in [0.3, 0.4) is 0 Å². The Bertz CT molecular complexity index is 98.6. The molecule has 0 aliphatic heterocycles. The van der Waals surface area contributed by atoms with Crippen LogP contribution in [0.25, 0.3) is 0 Å². The lowest BCUT2D eigenvalue weighted by atomic mass is 10.1. The summed E-state index contributed by atoms with van der Waals surface area (Å²) in [5.41, 5.74) is 2.17. The Morgan fingerprint density at radius 1 is 1.50 bits per heavy atom. The van der Waals surface area contributed by atoms with E-state index in [0.717, 1.165) is 18.4 Å². The second-order valence-electron chi connectivity index (χ2n) is 2.03. The van der Waals surface area contributed by atoms with E-state index < -0.39 is 0 Å². The fraction of sp³-hybridized carbons (Fsp3) is 0.375. The third-order valence-electron chi connectivity index (χ3n) is 1.000. The molecule has 0 atom stereocenters. The minimum Gasteiger partial charge on any atom is -0.0994 e. The van der Waals surface area contributed by atoms with Crippen LogP contribution in [-0.4, -0.2) is 0 Å². The molecule has 0 saturated heterocycles. The molecule has 0 spiro atoms. The predicted octanol–water partition coefficient (Wildman–Crippen LogP) is 2.73. The molecule has 0 rings (SSSR count). The minimum atomic E-state index is 0.885. The molecule has 44 valence electrons. The molecular formula is C8H13+. The monoisotopic (exact) mass is 109 g/mol. The molecule has 0 amide bonds. The number of rotatable bonds is 3. The Morgan fingerprint density at radius 3 is 2.12 bits per heavy atom. The maximum atomic E-state index is 3.81. The molecule has 0 N–H and O–H groups in total. The molecule has 0 radical (unpaired) electrons. The Kier molecular flexibility index (Phi) is 3.09. The maximum Gasteiger partial charge on any atom is 0.100 e. The number of hydrogen-bond donors (Lipinski definition) is 0. The van der Waals surface area contributed by atoms with Crippen LogP contribution in [0.5, 0.6) is 0 Å². The van der Waals surface area contributed by atoms with Crippen molar-refractivity contribution in [3.05, 3.63) is 31.2 Å². The average Bonchev–Trinajstić information content (AvgIpc) is 1.65. The molecule has 0 unspecified atom stereocenters. The summed E-state index contributed by atoms with van der Waals surface area (Å²) < 4.78 is 0. The van der Waals surface area contributed by atoms with E-state index in [1.54, 1.807) is 0 Å². The highest BCUT2D eigenvalue weighted by molar-refractivity contribution is 5.10. The van der Waals surface area contributed by atoms with Crippen LogP contribution in [0.1, 0.15) is 19.8 Å². The molecule has 0 bridgehead atoms. The third kappa shape index (κ3) is 3.54. The Morgan fingerprint density at radius 2 is 2.00 bits per heavy atom. The van der Waals surface area contributed by atoms with E-state index in [1.807, 2.05) is 0 Å². The van der Waals surface area contributed by atoms with E-state index in [1.165, 1.54) is 5.57 Å². The average molecular weight is 109 g/mol. The van der Waals surface area contributed by atoms with Gasteiger partial charge in [-0.05, 0) is 6.42 Å². The highest BCUT2D eigenvalue weighted by Gasteiger charge is 1.93. The summed E-state index contributed by atoms with van der Waals surface area (Å²) in [4.78, 5) is 0. The molecule has 0 heterocycles. The van der Waals surface area contributed by atoms with Crippen molar-refractivity contribution in [2.24, 2.45) is 0 Å². The zero-order valence-corrected chi connectivity index (χ0v) is 5.54. The first-order chi connectivity index (χ1) is 3.66. The van der Waals surface area contributed by atoms with Crippen molar-refractivity contribution in [3.63, 3.8) is 0 Å². The van der Waals surface area contributed by atoms with Gasteiger partial charge in [0.15, 0.2) is 0 Å². The fourth-order valence-electron chi connectivity index (χ4n) is 0.479. The van der Waals surface area contributed by atoms with Crippen molar-refractivity contribution in [1.82, 2.24) is 0 Å². The first-order valence-electron chi connectivity index (χ1n) is 2.83. The van der Waals surface area contributed by atoms with Crippen LogP contribution in [0.4, 0.5) is 0 Å². The van der Waals surface area contributed by atoms with Gasteiger partial charge in [-0.2, -0.15) is 0 Å². The van der Waals surface area contributed by atoms with Crippen molar-refractivity contribution in [2.75, 3.05) is 0 Å². The molecular weight excluding hydrogens is 96.1 g/mol. The number of allylic oxidation sites excluding steroid dienone is 2. The largest absolute Gasteiger partial charge is 0.100 e. The van der Waals surface area contributed by atoms with Gasteiger partial charge >= 0.3 is 0 Å². The van der Waals surface area contributed by atoms with E-state index in [2.05, 4.69) is 27.0 Å². The first kappa shape index (κ1) is 7.35. The topological polar surface area (TPSA) is 0 Å². The molecule has 0 aromatic heterocycles. The summed E-state index contributed by atoms with van der Waals surface area (Å²) in [7, 11) is 0. The summed E-state index contributed by atoms with van der Waals surface area (Å²) in [6, 6.07) is 0. The van der Waals surface area contributed by atoms with Gasteiger partial charge in [0.1, 0.15) is 5.57 Å². The summed E-state index contributed by atoms with van der Waals surface area (Å²) in [5.74, 6) is 0. The van der Waals surface area contributed by atoms with Crippen LogP contribution in [0.2, 0.25) is 0 Å². The van der Waals surface area contributed by atoms with Crippen LogP contribution < -0.4 is 0 Å². The summed E-state index contributed by atoms with van der Waals surface area (Å²) in [6.45, 7) is 13.2. The minimum absolute atomic E-state index is 0.885. The van der Waals surface area contributed by atoms with Crippen LogP contribution in [0, 0.1) is 6.92 Å². The van der Waals surface area contributed by atoms with Crippen molar-refractivity contribution in [1.29, 1.82) is 0 Å². The lowest BCUT2D eigenvalue weighted by Gasteiger charge is -1.93. The van der Waals surface area contributed by atoms with Gasteiger partial charge in [0.25, 0.3) is 0 Å². The van der Waals surface area contributed by atoms with E-state index in [4.69, 9.17) is 0 Å². The first-order valence-corrected chi connectivity index (χ1v) is 2.83. The van der Waals surface area contributed by atoms with Crippen molar-refractivity contribution in [3.8, 4) is 0 Å². The normalized spacial score (nSPS) is 8.62. The molecule has 0 heteroatoms. The smallest absolute Gasteiger partial charge is 0.0994 e. The molecule has 0 aliphatic rings. The molecule has 0 aromatic rings. The van der Waals surface area contributed by atoms with Crippen molar-refractivity contribution >= 4 is 0 Å². The van der Waals surface area contributed by atoms with Crippen molar-refractivity contribution in [2.45, 2.75) is 19.8 Å². The van der Waals surface area contributed by atoms with E-state index in [9.17, 15) is 0 Å². The lowest BCUT2D eigenvalue weighted by Crippen LogP contribution is -1.78. The maximum absolute atomic E-state index is 3.81. The summed E-state index contributed by atoms with van der Waals surface area (Å²) in [6.07, 6.45) is 1.92. The molecule has 0 aliphatic carbocycles. The van der Waals surface area contributed by atoms with Gasteiger partial charge in [-0.25, -0.2) is 0 Å². The van der Waals surface area contributed by atoms with E-state index in [-0.39, 0.29) is 0 Å². The summed E-state index contributed by atoms with van der Waals surface area (Å²) in [5, 5.41) is 0. The predicted molar refractivity (Wildman–Crippen MR) is 38.5 cm³/mol. The molecule has 8 heavy (non-hydrogen) atoms. The van der Waals surface area contributed by atoms with Crippen LogP contribution >= 0.6 is 0 Å². The van der Waals surface area contributed by atoms with Gasteiger partial charge in [0, 0.05) is 19.9 Å². The second-order valence-corrected chi connectivity index (χ2v) is 2.03.